The van der Waals surface area contributed by atoms with Gasteiger partial charge in [0.15, 0.2) is 0 Å². The molecular weight excluding hydrogens is 338 g/mol. The standard InChI is InChI=1S/C19H16ClN3O2/c1-25-19(7-2-8-19)12-5-3-11(4-6-12)16-14(20)9-15-17(23-16)13(10-21)18(24)22-15/h3-6,9,22,24H,2,7-8H2,1H3. The fraction of sp³-hybridized carbons (Fsp3) is 0.263. The van der Waals surface area contributed by atoms with Gasteiger partial charge in [0, 0.05) is 12.7 Å². The van der Waals surface area contributed by atoms with Crippen LogP contribution in [0.2, 0.25) is 5.02 Å². The first-order valence-corrected chi connectivity index (χ1v) is 8.43. The molecule has 0 atom stereocenters. The Morgan fingerprint density at radius 2 is 2.04 bits per heavy atom. The van der Waals surface area contributed by atoms with Crippen molar-refractivity contribution in [2.24, 2.45) is 0 Å². The number of methoxy groups -OCH3 is 1. The molecule has 25 heavy (non-hydrogen) atoms. The molecule has 3 aromatic rings. The number of hydrogen-bond donors (Lipinski definition) is 2. The summed E-state index contributed by atoms with van der Waals surface area (Å²) in [6.45, 7) is 0. The molecule has 2 aromatic heterocycles. The number of ether oxygens (including phenoxy) is 1. The highest BCUT2D eigenvalue weighted by Crippen LogP contribution is 2.44. The van der Waals surface area contributed by atoms with Gasteiger partial charge in [-0.2, -0.15) is 5.26 Å². The van der Waals surface area contributed by atoms with Crippen molar-refractivity contribution < 1.29 is 9.84 Å². The molecule has 6 heteroatoms. The van der Waals surface area contributed by atoms with Crippen LogP contribution < -0.4 is 0 Å². The molecule has 1 aromatic carbocycles. The predicted octanol–water partition coefficient (Wildman–Crippen LogP) is 4.49. The average molecular weight is 354 g/mol. The topological polar surface area (TPSA) is 81.9 Å². The zero-order valence-corrected chi connectivity index (χ0v) is 14.4. The number of nitriles is 1. The molecule has 1 aliphatic carbocycles. The van der Waals surface area contributed by atoms with Crippen LogP contribution in [0.3, 0.4) is 0 Å². The Morgan fingerprint density at radius 1 is 1.32 bits per heavy atom. The molecule has 0 unspecified atom stereocenters. The van der Waals surface area contributed by atoms with Gasteiger partial charge >= 0.3 is 0 Å². The molecule has 0 bridgehead atoms. The minimum atomic E-state index is -0.194. The van der Waals surface area contributed by atoms with E-state index in [1.54, 1.807) is 13.2 Å². The van der Waals surface area contributed by atoms with Crippen LogP contribution in [0.4, 0.5) is 0 Å². The number of aromatic amines is 1. The van der Waals surface area contributed by atoms with Crippen LogP contribution in [0.25, 0.3) is 22.3 Å². The number of nitrogens with one attached hydrogen (secondary N) is 1. The van der Waals surface area contributed by atoms with Crippen molar-refractivity contribution >= 4 is 22.6 Å². The lowest BCUT2D eigenvalue weighted by molar-refractivity contribution is -0.0778. The van der Waals surface area contributed by atoms with Crippen molar-refractivity contribution in [2.45, 2.75) is 24.9 Å². The number of aromatic nitrogens is 2. The fourth-order valence-corrected chi connectivity index (χ4v) is 3.69. The number of pyridine rings is 1. The van der Waals surface area contributed by atoms with Crippen LogP contribution in [0.5, 0.6) is 5.88 Å². The van der Waals surface area contributed by atoms with Gasteiger partial charge in [-0.15, -0.1) is 0 Å². The van der Waals surface area contributed by atoms with Gasteiger partial charge in [0.05, 0.1) is 21.8 Å². The third-order valence-electron chi connectivity index (χ3n) is 5.05. The summed E-state index contributed by atoms with van der Waals surface area (Å²) in [4.78, 5) is 7.22. The van der Waals surface area contributed by atoms with Crippen LogP contribution in [0.1, 0.15) is 30.4 Å². The van der Waals surface area contributed by atoms with E-state index in [1.807, 2.05) is 30.3 Å². The lowest BCUT2D eigenvalue weighted by atomic mass is 9.74. The summed E-state index contributed by atoms with van der Waals surface area (Å²) >= 11 is 6.37. The molecule has 2 heterocycles. The maximum absolute atomic E-state index is 9.80. The van der Waals surface area contributed by atoms with Gasteiger partial charge in [0.1, 0.15) is 17.1 Å². The second-order valence-electron chi connectivity index (χ2n) is 6.30. The van der Waals surface area contributed by atoms with Gasteiger partial charge < -0.3 is 14.8 Å². The smallest absolute Gasteiger partial charge is 0.209 e. The Hall–Kier alpha value is -2.55. The molecule has 0 spiro atoms. The molecule has 1 aliphatic rings. The van der Waals surface area contributed by atoms with Crippen LogP contribution >= 0.6 is 11.6 Å². The van der Waals surface area contributed by atoms with Crippen LogP contribution in [-0.4, -0.2) is 22.2 Å². The molecule has 126 valence electrons. The highest BCUT2D eigenvalue weighted by atomic mass is 35.5. The number of aromatic hydroxyl groups is 1. The Morgan fingerprint density at radius 3 is 2.60 bits per heavy atom. The summed E-state index contributed by atoms with van der Waals surface area (Å²) < 4.78 is 5.71. The number of H-pyrrole nitrogens is 1. The van der Waals surface area contributed by atoms with E-state index in [2.05, 4.69) is 9.97 Å². The second kappa shape index (κ2) is 5.76. The van der Waals surface area contributed by atoms with Crippen molar-refractivity contribution in [1.29, 1.82) is 5.26 Å². The van der Waals surface area contributed by atoms with E-state index in [4.69, 9.17) is 16.3 Å². The maximum Gasteiger partial charge on any atom is 0.209 e. The summed E-state index contributed by atoms with van der Waals surface area (Å²) in [5.74, 6) is -0.194. The summed E-state index contributed by atoms with van der Waals surface area (Å²) in [5, 5.41) is 19.5. The van der Waals surface area contributed by atoms with E-state index in [9.17, 15) is 10.4 Å². The van der Waals surface area contributed by atoms with Crippen molar-refractivity contribution in [2.75, 3.05) is 7.11 Å². The molecule has 1 fully saturated rings. The van der Waals surface area contributed by atoms with Crippen LogP contribution in [0.15, 0.2) is 30.3 Å². The summed E-state index contributed by atoms with van der Waals surface area (Å²) in [6, 6.07) is 11.7. The Kier molecular flexibility index (Phi) is 3.68. The van der Waals surface area contributed by atoms with E-state index >= 15 is 0 Å². The summed E-state index contributed by atoms with van der Waals surface area (Å²) in [6.07, 6.45) is 3.23. The van der Waals surface area contributed by atoms with Crippen molar-refractivity contribution in [3.05, 3.63) is 46.5 Å². The molecule has 2 N–H and O–H groups in total. The molecule has 4 rings (SSSR count). The van der Waals surface area contributed by atoms with Gasteiger partial charge in [0.25, 0.3) is 0 Å². The van der Waals surface area contributed by atoms with Gasteiger partial charge in [-0.25, -0.2) is 4.98 Å². The summed E-state index contributed by atoms with van der Waals surface area (Å²) in [7, 11) is 1.75. The van der Waals surface area contributed by atoms with E-state index < -0.39 is 0 Å². The SMILES string of the molecule is COC1(c2ccc(-c3nc4c(C#N)c(O)[nH]c4cc3Cl)cc2)CCC1. The van der Waals surface area contributed by atoms with Gasteiger partial charge in [0.2, 0.25) is 5.88 Å². The molecule has 0 saturated heterocycles. The highest BCUT2D eigenvalue weighted by Gasteiger charge is 2.38. The predicted molar refractivity (Wildman–Crippen MR) is 95.5 cm³/mol. The maximum atomic E-state index is 9.80. The number of benzene rings is 1. The third kappa shape index (κ3) is 2.38. The normalized spacial score (nSPS) is 15.7. The molecule has 0 radical (unpaired) electrons. The second-order valence-corrected chi connectivity index (χ2v) is 6.71. The number of rotatable bonds is 3. The minimum absolute atomic E-state index is 0.123. The highest BCUT2D eigenvalue weighted by molar-refractivity contribution is 6.33. The number of fused-ring (bicyclic) bond motifs is 1. The average Bonchev–Trinajstić information content (AvgIpc) is 2.88. The van der Waals surface area contributed by atoms with E-state index in [0.29, 0.717) is 21.7 Å². The number of hydrogen-bond acceptors (Lipinski definition) is 4. The first-order chi connectivity index (χ1) is 12.1. The fourth-order valence-electron chi connectivity index (χ4n) is 3.43. The van der Waals surface area contributed by atoms with Crippen molar-refractivity contribution in [3.8, 4) is 23.2 Å². The first-order valence-electron chi connectivity index (χ1n) is 8.05. The first kappa shape index (κ1) is 15.9. The Bertz CT molecular complexity index is 993. The zero-order chi connectivity index (χ0) is 17.6. The number of halogens is 1. The molecular formula is C19H16ClN3O2. The van der Waals surface area contributed by atoms with Gasteiger partial charge in [-0.05, 0) is 30.9 Å². The van der Waals surface area contributed by atoms with Crippen LogP contribution in [-0.2, 0) is 10.3 Å². The monoisotopic (exact) mass is 353 g/mol. The van der Waals surface area contributed by atoms with Gasteiger partial charge in [-0.1, -0.05) is 35.9 Å². The molecule has 0 amide bonds. The minimum Gasteiger partial charge on any atom is -0.494 e. The molecule has 0 aliphatic heterocycles. The largest absolute Gasteiger partial charge is 0.494 e. The van der Waals surface area contributed by atoms with Crippen molar-refractivity contribution in [3.63, 3.8) is 0 Å². The van der Waals surface area contributed by atoms with Gasteiger partial charge in [-0.3, -0.25) is 0 Å². The quantitative estimate of drug-likeness (QED) is 0.727. The zero-order valence-electron chi connectivity index (χ0n) is 13.6. The van der Waals surface area contributed by atoms with E-state index in [1.165, 1.54) is 6.42 Å². The molecule has 5 nitrogen and oxygen atoms in total. The van der Waals surface area contributed by atoms with E-state index in [-0.39, 0.29) is 17.0 Å². The lowest BCUT2D eigenvalue weighted by Gasteiger charge is -2.41. The van der Waals surface area contributed by atoms with Crippen molar-refractivity contribution in [1.82, 2.24) is 9.97 Å². The lowest BCUT2D eigenvalue weighted by Crippen LogP contribution is -2.35. The Labute approximate surface area is 149 Å². The Balaban J connectivity index is 1.79. The van der Waals surface area contributed by atoms with E-state index in [0.717, 1.165) is 24.0 Å². The van der Waals surface area contributed by atoms with Crippen LogP contribution in [0, 0.1) is 11.3 Å². The number of nitrogens with zero attached hydrogens (tertiary/aromatic N) is 2. The summed E-state index contributed by atoms with van der Waals surface area (Å²) in [5.41, 5.74) is 3.49. The molecule has 1 saturated carbocycles. The third-order valence-corrected chi connectivity index (χ3v) is 5.34.